The minimum Gasteiger partial charge on any atom is -0.497 e. The molecule has 0 spiro atoms. The highest BCUT2D eigenvalue weighted by Crippen LogP contribution is 2.33. The first-order valence-corrected chi connectivity index (χ1v) is 11.9. The Kier molecular flexibility index (Phi) is 9.36. The number of rotatable bonds is 12. The third-order valence-corrected chi connectivity index (χ3v) is 7.76. The molecular weight excluding hydrogens is 455 g/mol. The topological polar surface area (TPSA) is 55.8 Å². The molecule has 0 unspecified atom stereocenters. The van der Waals surface area contributed by atoms with Crippen molar-refractivity contribution in [3.05, 3.63) is 72.3 Å². The van der Waals surface area contributed by atoms with E-state index in [9.17, 15) is 21.6 Å². The number of benzene rings is 2. The zero-order valence-electron chi connectivity index (χ0n) is 19.0. The van der Waals surface area contributed by atoms with E-state index < -0.39 is 33.8 Å². The van der Waals surface area contributed by atoms with Gasteiger partial charge in [-0.2, -0.15) is 17.5 Å². The van der Waals surface area contributed by atoms with Gasteiger partial charge < -0.3 is 9.47 Å². The van der Waals surface area contributed by atoms with Gasteiger partial charge in [0, 0.05) is 13.1 Å². The molecule has 0 aliphatic heterocycles. The van der Waals surface area contributed by atoms with Crippen LogP contribution >= 0.6 is 0 Å². The molecule has 2 atom stereocenters. The van der Waals surface area contributed by atoms with Gasteiger partial charge in [-0.25, -0.2) is 8.42 Å². The van der Waals surface area contributed by atoms with Crippen LogP contribution in [0, 0.1) is 5.92 Å². The monoisotopic (exact) mass is 485 g/mol. The zero-order chi connectivity index (χ0) is 24.6. The molecule has 5 nitrogen and oxygen atoms in total. The number of hydrogen-bond acceptors (Lipinski definition) is 4. The lowest BCUT2D eigenvalue weighted by atomic mass is 10.0. The van der Waals surface area contributed by atoms with Gasteiger partial charge in [-0.05, 0) is 47.7 Å². The van der Waals surface area contributed by atoms with Crippen LogP contribution in [-0.4, -0.2) is 38.4 Å². The normalized spacial score (nSPS) is 14.0. The predicted octanol–water partition coefficient (Wildman–Crippen LogP) is 5.57. The fourth-order valence-electron chi connectivity index (χ4n) is 3.54. The maximum Gasteiger partial charge on any atom is 0.390 e. The molecule has 0 aliphatic carbocycles. The molecule has 0 saturated carbocycles. The van der Waals surface area contributed by atoms with Gasteiger partial charge >= 0.3 is 6.18 Å². The van der Waals surface area contributed by atoms with Gasteiger partial charge in [-0.3, -0.25) is 0 Å². The highest BCUT2D eigenvalue weighted by molar-refractivity contribution is 7.89. The Morgan fingerprint density at radius 2 is 1.36 bits per heavy atom. The standard InChI is InChI=1S/C24H30F3NO4S/c1-5-6-18(2)23(15-24(25,26)27)33(29,30)28(16-19-7-11-21(31-3)12-8-19)17-20-9-13-22(32-4)14-10-20/h5,7-14,18,23H,1,6,15-17H2,2-4H3/t18-,23-/m0/s1. The second-order valence-electron chi connectivity index (χ2n) is 7.87. The Bertz CT molecular complexity index is 940. The number of ether oxygens (including phenoxy) is 2. The molecule has 0 N–H and O–H groups in total. The smallest absolute Gasteiger partial charge is 0.390 e. The van der Waals surface area contributed by atoms with Crippen molar-refractivity contribution in [2.75, 3.05) is 14.2 Å². The first-order valence-electron chi connectivity index (χ1n) is 10.4. The van der Waals surface area contributed by atoms with Crippen LogP contribution in [0.1, 0.15) is 30.9 Å². The number of methoxy groups -OCH3 is 2. The van der Waals surface area contributed by atoms with E-state index in [1.165, 1.54) is 27.2 Å². The minimum atomic E-state index is -4.63. The summed E-state index contributed by atoms with van der Waals surface area (Å²) >= 11 is 0. The SMILES string of the molecule is C=CC[C@H](C)[C@H](CC(F)(F)F)S(=O)(=O)N(Cc1ccc(OC)cc1)Cc1ccc(OC)cc1. The average molecular weight is 486 g/mol. The Morgan fingerprint density at radius 3 is 1.70 bits per heavy atom. The van der Waals surface area contributed by atoms with E-state index in [0.717, 1.165) is 4.31 Å². The Balaban J connectivity index is 2.46. The molecule has 9 heteroatoms. The fourth-order valence-corrected chi connectivity index (χ4v) is 5.68. The summed E-state index contributed by atoms with van der Waals surface area (Å²) in [4.78, 5) is 0. The van der Waals surface area contributed by atoms with Crippen LogP contribution in [0.15, 0.2) is 61.2 Å². The van der Waals surface area contributed by atoms with E-state index in [2.05, 4.69) is 6.58 Å². The van der Waals surface area contributed by atoms with Gasteiger partial charge in [0.25, 0.3) is 0 Å². The molecule has 2 rings (SSSR count). The highest BCUT2D eigenvalue weighted by atomic mass is 32.2. The maximum atomic E-state index is 13.6. The van der Waals surface area contributed by atoms with Crippen molar-refractivity contribution in [3.63, 3.8) is 0 Å². The Labute approximate surface area is 193 Å². The predicted molar refractivity (Wildman–Crippen MR) is 123 cm³/mol. The van der Waals surface area contributed by atoms with Crippen molar-refractivity contribution in [3.8, 4) is 11.5 Å². The van der Waals surface area contributed by atoms with E-state index in [0.29, 0.717) is 22.6 Å². The van der Waals surface area contributed by atoms with Crippen molar-refractivity contribution in [2.24, 2.45) is 5.92 Å². The third kappa shape index (κ3) is 7.78. The molecule has 0 saturated heterocycles. The Hall–Kier alpha value is -2.52. The molecule has 2 aromatic rings. The van der Waals surface area contributed by atoms with Crippen LogP contribution in [0.5, 0.6) is 11.5 Å². The minimum absolute atomic E-state index is 0.0759. The second kappa shape index (κ2) is 11.6. The van der Waals surface area contributed by atoms with Crippen LogP contribution in [0.2, 0.25) is 0 Å². The summed E-state index contributed by atoms with van der Waals surface area (Å²) in [6.45, 7) is 4.92. The molecule has 33 heavy (non-hydrogen) atoms. The Morgan fingerprint density at radius 1 is 0.939 bits per heavy atom. The van der Waals surface area contributed by atoms with Gasteiger partial charge in [-0.1, -0.05) is 37.3 Å². The molecule has 0 bridgehead atoms. The van der Waals surface area contributed by atoms with Gasteiger partial charge in [0.1, 0.15) is 11.5 Å². The quantitative estimate of drug-likeness (QED) is 0.369. The van der Waals surface area contributed by atoms with Crippen LogP contribution < -0.4 is 9.47 Å². The molecule has 0 amide bonds. The molecule has 0 aromatic heterocycles. The maximum absolute atomic E-state index is 13.6. The summed E-state index contributed by atoms with van der Waals surface area (Å²) in [5, 5.41) is -1.63. The molecule has 182 valence electrons. The van der Waals surface area contributed by atoms with E-state index in [1.807, 2.05) is 0 Å². The van der Waals surface area contributed by atoms with E-state index in [4.69, 9.17) is 9.47 Å². The summed E-state index contributed by atoms with van der Waals surface area (Å²) in [5.74, 6) is 0.430. The number of sulfonamides is 1. The van der Waals surface area contributed by atoms with Gasteiger partial charge in [0.15, 0.2) is 0 Å². The molecule has 0 heterocycles. The van der Waals surface area contributed by atoms with Gasteiger partial charge in [0.2, 0.25) is 10.0 Å². The summed E-state index contributed by atoms with van der Waals surface area (Å²) < 4.78 is 78.8. The fraction of sp³-hybridized carbons (Fsp3) is 0.417. The van der Waals surface area contributed by atoms with E-state index in [-0.39, 0.29) is 19.5 Å². The van der Waals surface area contributed by atoms with Gasteiger partial charge in [-0.15, -0.1) is 6.58 Å². The molecule has 0 radical (unpaired) electrons. The van der Waals surface area contributed by atoms with Crippen LogP contribution in [0.3, 0.4) is 0 Å². The number of alkyl halides is 3. The highest BCUT2D eigenvalue weighted by Gasteiger charge is 2.43. The van der Waals surface area contributed by atoms with Crippen molar-refractivity contribution in [1.82, 2.24) is 4.31 Å². The largest absolute Gasteiger partial charge is 0.497 e. The lowest BCUT2D eigenvalue weighted by Crippen LogP contribution is -2.43. The average Bonchev–Trinajstić information content (AvgIpc) is 2.77. The van der Waals surface area contributed by atoms with Crippen molar-refractivity contribution >= 4 is 10.0 Å². The van der Waals surface area contributed by atoms with E-state index >= 15 is 0 Å². The number of hydrogen-bond donors (Lipinski definition) is 0. The van der Waals surface area contributed by atoms with Gasteiger partial charge in [0.05, 0.1) is 25.9 Å². The van der Waals surface area contributed by atoms with Crippen LogP contribution in [0.25, 0.3) is 0 Å². The van der Waals surface area contributed by atoms with E-state index in [1.54, 1.807) is 48.5 Å². The first-order chi connectivity index (χ1) is 15.5. The summed E-state index contributed by atoms with van der Waals surface area (Å²) in [6.07, 6.45) is -4.45. The van der Waals surface area contributed by atoms with Crippen LogP contribution in [0.4, 0.5) is 13.2 Å². The first kappa shape index (κ1) is 26.7. The van der Waals surface area contributed by atoms with Crippen molar-refractivity contribution < 1.29 is 31.1 Å². The molecule has 0 aliphatic rings. The number of halogens is 3. The third-order valence-electron chi connectivity index (χ3n) is 5.38. The summed E-state index contributed by atoms with van der Waals surface area (Å²) in [5.41, 5.74) is 1.27. The lowest BCUT2D eigenvalue weighted by Gasteiger charge is -2.31. The molecule has 0 fully saturated rings. The van der Waals surface area contributed by atoms with Crippen molar-refractivity contribution in [2.45, 2.75) is 44.3 Å². The molecular formula is C24H30F3NO4S. The zero-order valence-corrected chi connectivity index (χ0v) is 19.8. The summed E-state index contributed by atoms with van der Waals surface area (Å²) in [6, 6.07) is 13.5. The lowest BCUT2D eigenvalue weighted by molar-refractivity contribution is -0.136. The summed E-state index contributed by atoms with van der Waals surface area (Å²) in [7, 11) is -1.32. The second-order valence-corrected chi connectivity index (χ2v) is 10.0. The number of allylic oxidation sites excluding steroid dienone is 1. The molecule has 2 aromatic carbocycles. The number of nitrogens with zero attached hydrogens (tertiary/aromatic N) is 1. The van der Waals surface area contributed by atoms with Crippen LogP contribution in [-0.2, 0) is 23.1 Å². The van der Waals surface area contributed by atoms with Crippen molar-refractivity contribution in [1.29, 1.82) is 0 Å².